The summed E-state index contributed by atoms with van der Waals surface area (Å²) in [5.41, 5.74) is 1.26. The SMILES string of the molecule is CCCCOc1ccc2cc(CCCOC=O)ccc2c1. The Morgan fingerprint density at radius 3 is 2.62 bits per heavy atom. The lowest BCUT2D eigenvalue weighted by Crippen LogP contribution is -1.96. The number of hydrogen-bond acceptors (Lipinski definition) is 3. The average Bonchev–Trinajstić information content (AvgIpc) is 2.52. The largest absolute Gasteiger partial charge is 0.494 e. The van der Waals surface area contributed by atoms with Gasteiger partial charge in [0.15, 0.2) is 0 Å². The van der Waals surface area contributed by atoms with Gasteiger partial charge >= 0.3 is 0 Å². The van der Waals surface area contributed by atoms with Crippen molar-refractivity contribution < 1.29 is 14.3 Å². The van der Waals surface area contributed by atoms with Crippen LogP contribution in [0.2, 0.25) is 0 Å². The first-order valence-electron chi connectivity index (χ1n) is 7.54. The summed E-state index contributed by atoms with van der Waals surface area (Å²) in [5.74, 6) is 0.933. The van der Waals surface area contributed by atoms with E-state index in [0.717, 1.165) is 38.0 Å². The minimum atomic E-state index is 0.478. The van der Waals surface area contributed by atoms with E-state index in [9.17, 15) is 4.79 Å². The van der Waals surface area contributed by atoms with Gasteiger partial charge in [0.2, 0.25) is 0 Å². The molecule has 3 heteroatoms. The van der Waals surface area contributed by atoms with Crippen molar-refractivity contribution in [2.24, 2.45) is 0 Å². The fourth-order valence-corrected chi connectivity index (χ4v) is 2.26. The Bertz CT molecular complexity index is 578. The standard InChI is InChI=1S/C18H22O3/c1-2-3-11-21-18-9-8-16-12-15(5-4-10-20-14-19)6-7-17(16)13-18/h6-9,12-14H,2-5,10-11H2,1H3. The van der Waals surface area contributed by atoms with Crippen LogP contribution in [0.4, 0.5) is 0 Å². The van der Waals surface area contributed by atoms with Crippen molar-refractivity contribution in [2.75, 3.05) is 13.2 Å². The lowest BCUT2D eigenvalue weighted by Gasteiger charge is -2.08. The first-order chi connectivity index (χ1) is 10.3. The first kappa shape index (κ1) is 15.4. The highest BCUT2D eigenvalue weighted by Crippen LogP contribution is 2.22. The molecular weight excluding hydrogens is 264 g/mol. The van der Waals surface area contributed by atoms with E-state index >= 15 is 0 Å². The van der Waals surface area contributed by atoms with Crippen molar-refractivity contribution in [3.05, 3.63) is 42.0 Å². The monoisotopic (exact) mass is 286 g/mol. The smallest absolute Gasteiger partial charge is 0.293 e. The van der Waals surface area contributed by atoms with Crippen molar-refractivity contribution >= 4 is 17.2 Å². The van der Waals surface area contributed by atoms with Crippen LogP contribution in [0.1, 0.15) is 31.7 Å². The molecule has 2 aromatic rings. The third-order valence-electron chi connectivity index (χ3n) is 3.44. The number of rotatable bonds is 9. The van der Waals surface area contributed by atoms with Crippen LogP contribution < -0.4 is 4.74 Å². The Hall–Kier alpha value is -2.03. The lowest BCUT2D eigenvalue weighted by molar-refractivity contribution is -0.128. The van der Waals surface area contributed by atoms with Gasteiger partial charge in [0, 0.05) is 0 Å². The summed E-state index contributed by atoms with van der Waals surface area (Å²) < 4.78 is 10.4. The number of carbonyl (C=O) groups is 1. The van der Waals surface area contributed by atoms with Crippen molar-refractivity contribution in [1.29, 1.82) is 0 Å². The quantitative estimate of drug-likeness (QED) is 0.514. The van der Waals surface area contributed by atoms with Crippen LogP contribution in [0.3, 0.4) is 0 Å². The summed E-state index contributed by atoms with van der Waals surface area (Å²) in [6, 6.07) is 12.6. The van der Waals surface area contributed by atoms with Gasteiger partial charge in [0.05, 0.1) is 13.2 Å². The van der Waals surface area contributed by atoms with Gasteiger partial charge < -0.3 is 9.47 Å². The van der Waals surface area contributed by atoms with Crippen LogP contribution in [0.15, 0.2) is 36.4 Å². The molecule has 3 nitrogen and oxygen atoms in total. The number of hydrogen-bond donors (Lipinski definition) is 0. The molecule has 0 aliphatic carbocycles. The van der Waals surface area contributed by atoms with E-state index in [1.165, 1.54) is 16.3 Å². The molecule has 21 heavy (non-hydrogen) atoms. The zero-order valence-electron chi connectivity index (χ0n) is 12.5. The summed E-state index contributed by atoms with van der Waals surface area (Å²) >= 11 is 0. The molecule has 0 aromatic heterocycles. The summed E-state index contributed by atoms with van der Waals surface area (Å²) in [5, 5.41) is 2.41. The van der Waals surface area contributed by atoms with Gasteiger partial charge in [-0.3, -0.25) is 4.79 Å². The molecule has 0 saturated carbocycles. The molecule has 0 aliphatic heterocycles. The molecule has 0 bridgehead atoms. The van der Waals surface area contributed by atoms with E-state index in [1.807, 2.05) is 6.07 Å². The van der Waals surface area contributed by atoms with Gasteiger partial charge in [-0.05, 0) is 47.7 Å². The van der Waals surface area contributed by atoms with E-state index in [0.29, 0.717) is 13.1 Å². The topological polar surface area (TPSA) is 35.5 Å². The highest BCUT2D eigenvalue weighted by Gasteiger charge is 2.00. The Kier molecular flexibility index (Phi) is 6.07. The average molecular weight is 286 g/mol. The van der Waals surface area contributed by atoms with E-state index in [1.54, 1.807) is 0 Å². The summed E-state index contributed by atoms with van der Waals surface area (Å²) in [6.45, 7) is 3.91. The summed E-state index contributed by atoms with van der Waals surface area (Å²) in [4.78, 5) is 10.1. The number of carbonyl (C=O) groups excluding carboxylic acids is 1. The number of fused-ring (bicyclic) bond motifs is 1. The second-order valence-corrected chi connectivity index (χ2v) is 5.12. The molecule has 2 rings (SSSR count). The predicted molar refractivity (Wildman–Crippen MR) is 84.7 cm³/mol. The molecule has 112 valence electrons. The first-order valence-corrected chi connectivity index (χ1v) is 7.54. The molecule has 0 N–H and O–H groups in total. The van der Waals surface area contributed by atoms with Gasteiger partial charge in [-0.2, -0.15) is 0 Å². The Balaban J connectivity index is 1.99. The van der Waals surface area contributed by atoms with Gasteiger partial charge in [0.25, 0.3) is 6.47 Å². The third kappa shape index (κ3) is 4.78. The fraction of sp³-hybridized carbons (Fsp3) is 0.389. The number of aryl methyl sites for hydroxylation is 1. The van der Waals surface area contributed by atoms with E-state index in [2.05, 4.69) is 37.3 Å². The number of ether oxygens (including phenoxy) is 2. The molecule has 0 heterocycles. The molecule has 0 amide bonds. The molecule has 0 atom stereocenters. The zero-order valence-corrected chi connectivity index (χ0v) is 12.5. The Morgan fingerprint density at radius 1 is 1.00 bits per heavy atom. The van der Waals surface area contributed by atoms with E-state index in [-0.39, 0.29) is 0 Å². The van der Waals surface area contributed by atoms with Crippen LogP contribution in [-0.2, 0) is 16.0 Å². The van der Waals surface area contributed by atoms with Crippen LogP contribution in [0.5, 0.6) is 5.75 Å². The van der Waals surface area contributed by atoms with Gasteiger partial charge in [-0.1, -0.05) is 37.6 Å². The number of unbranched alkanes of at least 4 members (excludes halogenated alkanes) is 1. The second kappa shape index (κ2) is 8.30. The summed E-state index contributed by atoms with van der Waals surface area (Å²) in [7, 11) is 0. The highest BCUT2D eigenvalue weighted by atomic mass is 16.5. The van der Waals surface area contributed by atoms with Crippen LogP contribution >= 0.6 is 0 Å². The number of benzene rings is 2. The predicted octanol–water partition coefficient (Wildman–Crippen LogP) is 4.12. The van der Waals surface area contributed by atoms with Crippen molar-refractivity contribution in [3.63, 3.8) is 0 Å². The van der Waals surface area contributed by atoms with Gasteiger partial charge in [-0.15, -0.1) is 0 Å². The van der Waals surface area contributed by atoms with Crippen LogP contribution in [0, 0.1) is 0 Å². The second-order valence-electron chi connectivity index (χ2n) is 5.12. The maximum atomic E-state index is 10.1. The minimum Gasteiger partial charge on any atom is -0.494 e. The molecule has 0 spiro atoms. The van der Waals surface area contributed by atoms with Crippen molar-refractivity contribution in [1.82, 2.24) is 0 Å². The maximum absolute atomic E-state index is 10.1. The van der Waals surface area contributed by atoms with Crippen molar-refractivity contribution in [2.45, 2.75) is 32.6 Å². The van der Waals surface area contributed by atoms with Crippen molar-refractivity contribution in [3.8, 4) is 5.75 Å². The normalized spacial score (nSPS) is 10.5. The Morgan fingerprint density at radius 2 is 1.81 bits per heavy atom. The Labute approximate surface area is 125 Å². The fourth-order valence-electron chi connectivity index (χ4n) is 2.26. The van der Waals surface area contributed by atoms with Crippen LogP contribution in [-0.4, -0.2) is 19.7 Å². The lowest BCUT2D eigenvalue weighted by atomic mass is 10.0. The molecule has 0 unspecified atom stereocenters. The highest BCUT2D eigenvalue weighted by molar-refractivity contribution is 5.84. The maximum Gasteiger partial charge on any atom is 0.293 e. The van der Waals surface area contributed by atoms with Crippen LogP contribution in [0.25, 0.3) is 10.8 Å². The van der Waals surface area contributed by atoms with Gasteiger partial charge in [0.1, 0.15) is 5.75 Å². The molecule has 2 aromatic carbocycles. The molecular formula is C18H22O3. The molecule has 0 radical (unpaired) electrons. The van der Waals surface area contributed by atoms with Gasteiger partial charge in [-0.25, -0.2) is 0 Å². The third-order valence-corrected chi connectivity index (χ3v) is 3.44. The minimum absolute atomic E-state index is 0.478. The molecule has 0 fully saturated rings. The van der Waals surface area contributed by atoms with E-state index in [4.69, 9.17) is 9.47 Å². The molecule has 0 aliphatic rings. The zero-order chi connectivity index (χ0) is 14.9. The van der Waals surface area contributed by atoms with E-state index < -0.39 is 0 Å². The summed E-state index contributed by atoms with van der Waals surface area (Å²) in [6.07, 6.45) is 3.99. The molecule has 0 saturated heterocycles.